The zero-order valence-corrected chi connectivity index (χ0v) is 17.5. The summed E-state index contributed by atoms with van der Waals surface area (Å²) in [6.07, 6.45) is 0. The molecule has 0 fully saturated rings. The molecule has 4 heteroatoms. The smallest absolute Gasteiger partial charge is 0.261 e. The van der Waals surface area contributed by atoms with Crippen molar-refractivity contribution in [1.29, 1.82) is 0 Å². The molecule has 0 atom stereocenters. The highest BCUT2D eigenvalue weighted by Gasteiger charge is 2.46. The van der Waals surface area contributed by atoms with Gasteiger partial charge in [-0.05, 0) is 11.1 Å². The standard InChI is InChI=1S/C20H16N2O2.2C2H6/c1-21-17(13-9-5-3-6-10-13)15-16(19(21)23)18(22(2)20(15)24)14-11-7-4-8-12-14;2*1-2/h3-12H,1-2H3;2*1-2H3. The highest BCUT2D eigenvalue weighted by molar-refractivity contribution is 6.30. The van der Waals surface area contributed by atoms with Gasteiger partial charge < -0.3 is 9.80 Å². The van der Waals surface area contributed by atoms with Gasteiger partial charge in [0.1, 0.15) is 0 Å². The molecule has 0 aromatic heterocycles. The van der Waals surface area contributed by atoms with Gasteiger partial charge in [0.2, 0.25) is 0 Å². The maximum absolute atomic E-state index is 12.9. The summed E-state index contributed by atoms with van der Waals surface area (Å²) in [5.74, 6) is -0.277. The first-order valence-corrected chi connectivity index (χ1v) is 9.77. The van der Waals surface area contributed by atoms with Crippen LogP contribution < -0.4 is 0 Å². The van der Waals surface area contributed by atoms with Crippen molar-refractivity contribution in [3.63, 3.8) is 0 Å². The molecule has 0 N–H and O–H groups in total. The maximum atomic E-state index is 12.9. The summed E-state index contributed by atoms with van der Waals surface area (Å²) in [5, 5.41) is 0. The Hall–Kier alpha value is -3.14. The van der Waals surface area contributed by atoms with Crippen LogP contribution in [0, 0.1) is 0 Å². The number of hydrogen-bond acceptors (Lipinski definition) is 2. The molecule has 0 saturated carbocycles. The maximum Gasteiger partial charge on any atom is 0.261 e. The third-order valence-corrected chi connectivity index (χ3v) is 4.53. The Kier molecular flexibility index (Phi) is 6.94. The van der Waals surface area contributed by atoms with Gasteiger partial charge in [-0.1, -0.05) is 88.4 Å². The Labute approximate surface area is 167 Å². The normalized spacial score (nSPS) is 15.2. The van der Waals surface area contributed by atoms with Gasteiger partial charge in [-0.15, -0.1) is 0 Å². The molecule has 2 aliphatic rings. The fourth-order valence-corrected chi connectivity index (χ4v) is 3.40. The average molecular weight is 377 g/mol. The van der Waals surface area contributed by atoms with Gasteiger partial charge in [-0.3, -0.25) is 9.59 Å². The summed E-state index contributed by atoms with van der Waals surface area (Å²) in [7, 11) is 3.44. The fourth-order valence-electron chi connectivity index (χ4n) is 3.40. The highest BCUT2D eigenvalue weighted by atomic mass is 16.2. The van der Waals surface area contributed by atoms with E-state index in [9.17, 15) is 9.59 Å². The zero-order valence-electron chi connectivity index (χ0n) is 17.5. The van der Waals surface area contributed by atoms with Gasteiger partial charge in [0.05, 0.1) is 22.5 Å². The third kappa shape index (κ3) is 3.38. The van der Waals surface area contributed by atoms with E-state index in [2.05, 4.69) is 0 Å². The van der Waals surface area contributed by atoms with Crippen LogP contribution in [-0.4, -0.2) is 35.7 Å². The second-order valence-electron chi connectivity index (χ2n) is 5.91. The summed E-state index contributed by atoms with van der Waals surface area (Å²) in [6.45, 7) is 8.00. The monoisotopic (exact) mass is 376 g/mol. The molecule has 2 aromatic rings. The molecule has 0 radical (unpaired) electrons. The number of amides is 2. The zero-order chi connectivity index (χ0) is 20.8. The number of likely N-dealkylation sites (N-methyl/N-ethyl adjacent to an activating group) is 2. The Balaban J connectivity index is 0.000000660. The van der Waals surface area contributed by atoms with Gasteiger partial charge in [0.25, 0.3) is 11.8 Å². The van der Waals surface area contributed by atoms with Crippen LogP contribution in [0.25, 0.3) is 11.4 Å². The van der Waals surface area contributed by atoms with Crippen LogP contribution in [0.5, 0.6) is 0 Å². The lowest BCUT2D eigenvalue weighted by molar-refractivity contribution is -0.123. The molecule has 146 valence electrons. The van der Waals surface area contributed by atoms with Crippen LogP contribution in [0.4, 0.5) is 0 Å². The van der Waals surface area contributed by atoms with Gasteiger partial charge in [0.15, 0.2) is 0 Å². The Morgan fingerprint density at radius 3 is 1.11 bits per heavy atom. The molecule has 2 heterocycles. The van der Waals surface area contributed by atoms with Crippen LogP contribution in [-0.2, 0) is 9.59 Å². The Bertz CT molecular complexity index is 835. The molecule has 2 amide bonds. The van der Waals surface area contributed by atoms with Crippen LogP contribution in [0.15, 0.2) is 71.8 Å². The predicted octanol–water partition coefficient (Wildman–Crippen LogP) is 4.81. The minimum Gasteiger partial charge on any atom is -0.310 e. The van der Waals surface area contributed by atoms with Crippen molar-refractivity contribution in [2.75, 3.05) is 14.1 Å². The summed E-state index contributed by atoms with van der Waals surface area (Å²) < 4.78 is 0. The third-order valence-electron chi connectivity index (χ3n) is 4.53. The van der Waals surface area contributed by atoms with Crippen molar-refractivity contribution in [2.24, 2.45) is 0 Å². The molecule has 0 unspecified atom stereocenters. The van der Waals surface area contributed by atoms with Crippen molar-refractivity contribution >= 4 is 23.2 Å². The molecule has 2 aliphatic heterocycles. The molecular formula is C24H28N2O2. The topological polar surface area (TPSA) is 40.6 Å². The minimum absolute atomic E-state index is 0.139. The van der Waals surface area contributed by atoms with Gasteiger partial charge >= 0.3 is 0 Å². The predicted molar refractivity (Wildman–Crippen MR) is 115 cm³/mol. The molecule has 28 heavy (non-hydrogen) atoms. The fraction of sp³-hybridized carbons (Fsp3) is 0.250. The van der Waals surface area contributed by atoms with Crippen molar-refractivity contribution in [3.05, 3.63) is 82.9 Å². The highest BCUT2D eigenvalue weighted by Crippen LogP contribution is 2.44. The van der Waals surface area contributed by atoms with Crippen molar-refractivity contribution in [3.8, 4) is 0 Å². The molecule has 4 rings (SSSR count). The Morgan fingerprint density at radius 1 is 0.536 bits per heavy atom. The molecule has 0 spiro atoms. The summed E-state index contributed by atoms with van der Waals surface area (Å²) in [5.41, 5.74) is 4.09. The average Bonchev–Trinajstić information content (AvgIpc) is 3.17. The van der Waals surface area contributed by atoms with Crippen molar-refractivity contribution < 1.29 is 9.59 Å². The van der Waals surface area contributed by atoms with Gasteiger partial charge in [-0.2, -0.15) is 0 Å². The number of benzene rings is 2. The van der Waals surface area contributed by atoms with Crippen LogP contribution >= 0.6 is 0 Å². The van der Waals surface area contributed by atoms with Gasteiger partial charge in [-0.25, -0.2) is 0 Å². The van der Waals surface area contributed by atoms with Crippen molar-refractivity contribution in [2.45, 2.75) is 27.7 Å². The van der Waals surface area contributed by atoms with E-state index in [1.165, 1.54) is 0 Å². The Morgan fingerprint density at radius 2 is 0.821 bits per heavy atom. The number of carbonyl (C=O) groups excluding carboxylic acids is 2. The first-order valence-electron chi connectivity index (χ1n) is 9.77. The SMILES string of the molecule is CC.CC.CN1C(=O)C2=C(c3ccccc3)N(C)C(=O)C2=C1c1ccccc1. The van der Waals surface area contributed by atoms with E-state index < -0.39 is 0 Å². The van der Waals surface area contributed by atoms with E-state index in [0.29, 0.717) is 22.5 Å². The summed E-state index contributed by atoms with van der Waals surface area (Å²) >= 11 is 0. The van der Waals surface area contributed by atoms with E-state index >= 15 is 0 Å². The van der Waals surface area contributed by atoms with E-state index in [0.717, 1.165) is 11.1 Å². The van der Waals surface area contributed by atoms with Crippen LogP contribution in [0.2, 0.25) is 0 Å². The lowest BCUT2D eigenvalue weighted by atomic mass is 10.0. The lowest BCUT2D eigenvalue weighted by Crippen LogP contribution is -2.25. The molecule has 4 nitrogen and oxygen atoms in total. The number of nitrogens with zero attached hydrogens (tertiary/aromatic N) is 2. The molecular weight excluding hydrogens is 348 g/mol. The minimum atomic E-state index is -0.139. The first kappa shape index (κ1) is 21.2. The molecule has 0 saturated heterocycles. The summed E-state index contributed by atoms with van der Waals surface area (Å²) in [6, 6.07) is 19.1. The number of carbonyl (C=O) groups is 2. The van der Waals surface area contributed by atoms with E-state index in [1.807, 2.05) is 88.4 Å². The molecule has 0 aliphatic carbocycles. The van der Waals surface area contributed by atoms with E-state index in [4.69, 9.17) is 0 Å². The second kappa shape index (κ2) is 9.18. The molecule has 0 bridgehead atoms. The summed E-state index contributed by atoms with van der Waals surface area (Å²) in [4.78, 5) is 28.9. The lowest BCUT2D eigenvalue weighted by Gasteiger charge is -2.19. The van der Waals surface area contributed by atoms with E-state index in [-0.39, 0.29) is 11.8 Å². The largest absolute Gasteiger partial charge is 0.310 e. The quantitative estimate of drug-likeness (QED) is 0.755. The van der Waals surface area contributed by atoms with Crippen LogP contribution in [0.1, 0.15) is 38.8 Å². The second-order valence-corrected chi connectivity index (χ2v) is 5.91. The number of hydrogen-bond donors (Lipinski definition) is 0. The first-order chi connectivity index (χ1) is 13.6. The number of rotatable bonds is 2. The molecule has 2 aromatic carbocycles. The van der Waals surface area contributed by atoms with Crippen molar-refractivity contribution in [1.82, 2.24) is 9.80 Å². The van der Waals surface area contributed by atoms with E-state index in [1.54, 1.807) is 23.9 Å². The van der Waals surface area contributed by atoms with Crippen LogP contribution in [0.3, 0.4) is 0 Å². The van der Waals surface area contributed by atoms with Gasteiger partial charge in [0, 0.05) is 14.1 Å². The number of fused-ring (bicyclic) bond motifs is 1.